The Morgan fingerprint density at radius 3 is 3.12 bits per heavy atom. The number of nitrogens with one attached hydrogen (secondary N) is 1. The molecule has 1 amide bonds. The molecular formula is C8H9ClN6O. The zero-order chi connectivity index (χ0) is 11.7. The molecular weight excluding hydrogens is 232 g/mol. The summed E-state index contributed by atoms with van der Waals surface area (Å²) in [4.78, 5) is 18.6. The van der Waals surface area contributed by atoms with Crippen molar-refractivity contribution in [3.05, 3.63) is 17.0 Å². The quantitative estimate of drug-likeness (QED) is 0.735. The minimum atomic E-state index is -0.472. The van der Waals surface area contributed by atoms with Gasteiger partial charge in [0.05, 0.1) is 6.54 Å². The third kappa shape index (κ3) is 1.76. The fourth-order valence-electron chi connectivity index (χ4n) is 1.28. The van der Waals surface area contributed by atoms with Crippen molar-refractivity contribution in [2.45, 2.75) is 6.92 Å². The van der Waals surface area contributed by atoms with Crippen LogP contribution in [0.3, 0.4) is 0 Å². The average molecular weight is 241 g/mol. The van der Waals surface area contributed by atoms with Gasteiger partial charge in [-0.2, -0.15) is 19.6 Å². The number of hydrogen-bond donors (Lipinski definition) is 2. The monoisotopic (exact) mass is 240 g/mol. The minimum absolute atomic E-state index is 0.00383. The number of carbonyl (C=O) groups is 1. The lowest BCUT2D eigenvalue weighted by atomic mass is 10.3. The Hall–Kier alpha value is -1.89. The molecule has 0 saturated carbocycles. The molecule has 8 heteroatoms. The molecule has 2 aromatic heterocycles. The molecule has 16 heavy (non-hydrogen) atoms. The number of amides is 1. The number of rotatable bonds is 3. The first-order chi connectivity index (χ1) is 7.59. The van der Waals surface area contributed by atoms with E-state index in [2.05, 4.69) is 20.4 Å². The Labute approximate surface area is 95.6 Å². The van der Waals surface area contributed by atoms with Gasteiger partial charge < -0.3 is 11.1 Å². The van der Waals surface area contributed by atoms with Gasteiger partial charge in [0.1, 0.15) is 17.3 Å². The van der Waals surface area contributed by atoms with Gasteiger partial charge in [-0.05, 0) is 6.92 Å². The minimum Gasteiger partial charge on any atom is -0.368 e. The van der Waals surface area contributed by atoms with Crippen LogP contribution in [-0.2, 0) is 4.79 Å². The summed E-state index contributed by atoms with van der Waals surface area (Å²) in [5.41, 5.74) is 5.73. The lowest BCUT2D eigenvalue weighted by molar-refractivity contribution is -0.116. The van der Waals surface area contributed by atoms with E-state index in [9.17, 15) is 4.79 Å². The Bertz CT molecular complexity index is 551. The molecule has 0 aliphatic heterocycles. The van der Waals surface area contributed by atoms with Crippen LogP contribution in [0.4, 0.5) is 5.82 Å². The molecule has 0 unspecified atom stereocenters. The molecule has 0 aromatic carbocycles. The number of carbonyl (C=O) groups excluding carboxylic acids is 1. The second kappa shape index (κ2) is 3.93. The van der Waals surface area contributed by atoms with E-state index < -0.39 is 5.91 Å². The van der Waals surface area contributed by atoms with Crippen LogP contribution in [0.25, 0.3) is 5.78 Å². The predicted molar refractivity (Wildman–Crippen MR) is 58.2 cm³/mol. The smallest absolute Gasteiger partial charge is 0.255 e. The van der Waals surface area contributed by atoms with E-state index in [1.807, 2.05) is 0 Å². The number of aromatic nitrogens is 4. The molecule has 0 bridgehead atoms. The van der Waals surface area contributed by atoms with Gasteiger partial charge in [-0.25, -0.2) is 0 Å². The summed E-state index contributed by atoms with van der Waals surface area (Å²) in [7, 11) is 0. The van der Waals surface area contributed by atoms with Crippen LogP contribution in [-0.4, -0.2) is 32.0 Å². The molecule has 0 fully saturated rings. The number of hydrogen-bond acceptors (Lipinski definition) is 5. The predicted octanol–water partition coefficient (Wildman–Crippen LogP) is -0.0167. The first kappa shape index (κ1) is 10.6. The van der Waals surface area contributed by atoms with Crippen LogP contribution in [0.2, 0.25) is 5.15 Å². The van der Waals surface area contributed by atoms with Crippen molar-refractivity contribution in [1.82, 2.24) is 19.6 Å². The van der Waals surface area contributed by atoms with E-state index in [4.69, 9.17) is 17.3 Å². The zero-order valence-electron chi connectivity index (χ0n) is 8.44. The maximum absolute atomic E-state index is 10.7. The molecule has 0 saturated heterocycles. The third-order valence-corrected chi connectivity index (χ3v) is 2.40. The number of fused-ring (bicyclic) bond motifs is 1. The summed E-state index contributed by atoms with van der Waals surface area (Å²) < 4.78 is 1.46. The van der Waals surface area contributed by atoms with Crippen LogP contribution < -0.4 is 11.1 Å². The fourth-order valence-corrected chi connectivity index (χ4v) is 1.44. The van der Waals surface area contributed by atoms with Crippen molar-refractivity contribution in [3.63, 3.8) is 0 Å². The van der Waals surface area contributed by atoms with Gasteiger partial charge in [0.15, 0.2) is 0 Å². The largest absolute Gasteiger partial charge is 0.368 e. The molecule has 0 radical (unpaired) electrons. The molecule has 3 N–H and O–H groups in total. The van der Waals surface area contributed by atoms with Crippen LogP contribution in [0.15, 0.2) is 6.33 Å². The standard InChI is InChI=1S/C8H9ClN6O/c1-4-6(9)14-8-12-3-13-15(8)7(4)11-2-5(10)16/h3,11H,2H2,1H3,(H2,10,16). The fraction of sp³-hybridized carbons (Fsp3) is 0.250. The zero-order valence-corrected chi connectivity index (χ0v) is 9.19. The van der Waals surface area contributed by atoms with E-state index in [1.54, 1.807) is 6.92 Å². The Morgan fingerprint density at radius 1 is 1.69 bits per heavy atom. The Balaban J connectivity index is 2.51. The van der Waals surface area contributed by atoms with Crippen molar-refractivity contribution in [1.29, 1.82) is 0 Å². The number of anilines is 1. The molecule has 2 heterocycles. The number of nitrogens with zero attached hydrogens (tertiary/aromatic N) is 4. The maximum Gasteiger partial charge on any atom is 0.255 e. The van der Waals surface area contributed by atoms with Gasteiger partial charge in [0.25, 0.3) is 5.78 Å². The second-order valence-electron chi connectivity index (χ2n) is 3.17. The van der Waals surface area contributed by atoms with Gasteiger partial charge in [0.2, 0.25) is 5.91 Å². The molecule has 2 rings (SSSR count). The van der Waals surface area contributed by atoms with Crippen LogP contribution in [0.5, 0.6) is 0 Å². The van der Waals surface area contributed by atoms with Crippen molar-refractivity contribution in [3.8, 4) is 0 Å². The Morgan fingerprint density at radius 2 is 2.44 bits per heavy atom. The molecule has 84 valence electrons. The number of primary amides is 1. The summed E-state index contributed by atoms with van der Waals surface area (Å²) >= 11 is 5.92. The van der Waals surface area contributed by atoms with Crippen molar-refractivity contribution in [2.24, 2.45) is 5.73 Å². The highest BCUT2D eigenvalue weighted by molar-refractivity contribution is 6.30. The average Bonchev–Trinajstić information content (AvgIpc) is 2.65. The van der Waals surface area contributed by atoms with Gasteiger partial charge in [0, 0.05) is 5.56 Å². The first-order valence-electron chi connectivity index (χ1n) is 4.47. The topological polar surface area (TPSA) is 98.2 Å². The van der Waals surface area contributed by atoms with E-state index >= 15 is 0 Å². The molecule has 0 atom stereocenters. The summed E-state index contributed by atoms with van der Waals surface area (Å²) in [6.07, 6.45) is 1.35. The van der Waals surface area contributed by atoms with E-state index in [0.717, 1.165) is 0 Å². The van der Waals surface area contributed by atoms with Gasteiger partial charge >= 0.3 is 0 Å². The lowest BCUT2D eigenvalue weighted by Crippen LogP contribution is -2.23. The van der Waals surface area contributed by atoms with Crippen molar-refractivity contribution >= 4 is 29.1 Å². The highest BCUT2D eigenvalue weighted by atomic mass is 35.5. The number of halogens is 1. The van der Waals surface area contributed by atoms with Gasteiger partial charge in [-0.1, -0.05) is 11.6 Å². The molecule has 7 nitrogen and oxygen atoms in total. The van der Waals surface area contributed by atoms with E-state index in [-0.39, 0.29) is 6.54 Å². The van der Waals surface area contributed by atoms with E-state index in [0.29, 0.717) is 22.3 Å². The molecule has 0 spiro atoms. The summed E-state index contributed by atoms with van der Waals surface area (Å²) in [5.74, 6) is 0.453. The normalized spacial score (nSPS) is 10.6. The highest BCUT2D eigenvalue weighted by Crippen LogP contribution is 2.21. The summed E-state index contributed by atoms with van der Waals surface area (Å²) in [5, 5.41) is 7.12. The lowest BCUT2D eigenvalue weighted by Gasteiger charge is -2.09. The second-order valence-corrected chi connectivity index (χ2v) is 3.53. The van der Waals surface area contributed by atoms with Crippen LogP contribution in [0.1, 0.15) is 5.56 Å². The SMILES string of the molecule is Cc1c(Cl)nc2ncnn2c1NCC(N)=O. The maximum atomic E-state index is 10.7. The molecule has 0 aliphatic carbocycles. The first-order valence-corrected chi connectivity index (χ1v) is 4.85. The summed E-state index contributed by atoms with van der Waals surface area (Å²) in [6.45, 7) is 1.76. The molecule has 2 aromatic rings. The summed E-state index contributed by atoms with van der Waals surface area (Å²) in [6, 6.07) is 0. The van der Waals surface area contributed by atoms with Crippen LogP contribution >= 0.6 is 11.6 Å². The van der Waals surface area contributed by atoms with Crippen LogP contribution in [0, 0.1) is 6.92 Å². The third-order valence-electron chi connectivity index (χ3n) is 2.03. The van der Waals surface area contributed by atoms with E-state index in [1.165, 1.54) is 10.8 Å². The van der Waals surface area contributed by atoms with Crippen molar-refractivity contribution in [2.75, 3.05) is 11.9 Å². The highest BCUT2D eigenvalue weighted by Gasteiger charge is 2.12. The van der Waals surface area contributed by atoms with Gasteiger partial charge in [-0.3, -0.25) is 4.79 Å². The van der Waals surface area contributed by atoms with Gasteiger partial charge in [-0.15, -0.1) is 0 Å². The molecule has 0 aliphatic rings. The number of nitrogens with two attached hydrogens (primary N) is 1. The Kier molecular flexibility index (Phi) is 2.61. The van der Waals surface area contributed by atoms with Crippen molar-refractivity contribution < 1.29 is 4.79 Å².